The standard InChI is InChI=1S/C24H24N4O6/c1-24(15-5-8-18-19(12-15)34-10-9-33-18)22(31)28(23(32)27-24)13-20(29)25-17-4-2-3-14(11-17)21(30)26-16-6-7-16/h2-5,8,11-12,16H,6-7,9-10,13H2,1H3,(H,25,29)(H,26,30)(H,27,32). The summed E-state index contributed by atoms with van der Waals surface area (Å²) in [5.74, 6) is -0.257. The maximum atomic E-state index is 13.2. The molecule has 1 aliphatic carbocycles. The van der Waals surface area contributed by atoms with E-state index in [1.165, 1.54) is 0 Å². The third-order valence-corrected chi connectivity index (χ3v) is 6.02. The maximum Gasteiger partial charge on any atom is 0.325 e. The number of carbonyl (C=O) groups excluding carboxylic acids is 4. The van der Waals surface area contributed by atoms with Gasteiger partial charge in [0, 0.05) is 17.3 Å². The zero-order valence-corrected chi connectivity index (χ0v) is 18.6. The summed E-state index contributed by atoms with van der Waals surface area (Å²) < 4.78 is 11.1. The average molecular weight is 464 g/mol. The molecule has 0 bridgehead atoms. The van der Waals surface area contributed by atoms with Crippen LogP contribution in [-0.4, -0.2) is 54.5 Å². The fraction of sp³-hybridized carbons (Fsp3) is 0.333. The third-order valence-electron chi connectivity index (χ3n) is 6.02. The molecular weight excluding hydrogens is 440 g/mol. The Kier molecular flexibility index (Phi) is 5.35. The van der Waals surface area contributed by atoms with Crippen LogP contribution in [0, 0.1) is 0 Å². The van der Waals surface area contributed by atoms with Crippen LogP contribution in [-0.2, 0) is 15.1 Å². The monoisotopic (exact) mass is 464 g/mol. The lowest BCUT2D eigenvalue weighted by molar-refractivity contribution is -0.133. The van der Waals surface area contributed by atoms with Crippen LogP contribution in [0.5, 0.6) is 11.5 Å². The summed E-state index contributed by atoms with van der Waals surface area (Å²) in [7, 11) is 0. The Morgan fingerprint density at radius 3 is 2.62 bits per heavy atom. The summed E-state index contributed by atoms with van der Waals surface area (Å²) in [4.78, 5) is 51.6. The first kappa shape index (κ1) is 21.7. The largest absolute Gasteiger partial charge is 0.486 e. The molecule has 0 spiro atoms. The van der Waals surface area contributed by atoms with E-state index in [-0.39, 0.29) is 11.9 Å². The van der Waals surface area contributed by atoms with Crippen molar-refractivity contribution < 1.29 is 28.7 Å². The number of ether oxygens (including phenoxy) is 2. The van der Waals surface area contributed by atoms with Gasteiger partial charge in [0.25, 0.3) is 11.8 Å². The van der Waals surface area contributed by atoms with Crippen LogP contribution in [0.3, 0.4) is 0 Å². The molecule has 0 radical (unpaired) electrons. The molecule has 176 valence electrons. The molecule has 0 aromatic heterocycles. The molecule has 2 aromatic carbocycles. The average Bonchev–Trinajstić information content (AvgIpc) is 3.62. The van der Waals surface area contributed by atoms with Crippen molar-refractivity contribution in [3.63, 3.8) is 0 Å². The second kappa shape index (κ2) is 8.36. The first-order valence-corrected chi connectivity index (χ1v) is 11.1. The fourth-order valence-corrected chi connectivity index (χ4v) is 3.97. The van der Waals surface area contributed by atoms with Gasteiger partial charge >= 0.3 is 6.03 Å². The second-order valence-corrected chi connectivity index (χ2v) is 8.68. The number of fused-ring (bicyclic) bond motifs is 1. The molecule has 3 aliphatic rings. The Labute approximate surface area is 195 Å². The summed E-state index contributed by atoms with van der Waals surface area (Å²) in [6.45, 7) is 1.95. The van der Waals surface area contributed by atoms with E-state index >= 15 is 0 Å². The van der Waals surface area contributed by atoms with Gasteiger partial charge < -0.3 is 25.4 Å². The van der Waals surface area contributed by atoms with Gasteiger partial charge in [-0.15, -0.1) is 0 Å². The van der Waals surface area contributed by atoms with E-state index in [1.54, 1.807) is 49.4 Å². The lowest BCUT2D eigenvalue weighted by Gasteiger charge is -2.25. The Morgan fingerprint density at radius 2 is 1.85 bits per heavy atom. The first-order chi connectivity index (χ1) is 16.3. The number of nitrogens with zero attached hydrogens (tertiary/aromatic N) is 1. The Hall–Kier alpha value is -4.08. The smallest absolute Gasteiger partial charge is 0.325 e. The lowest BCUT2D eigenvalue weighted by atomic mass is 9.91. The minimum atomic E-state index is -1.35. The topological polar surface area (TPSA) is 126 Å². The Bertz CT molecular complexity index is 1190. The molecular formula is C24H24N4O6. The number of imide groups is 1. The predicted octanol–water partition coefficient (Wildman–Crippen LogP) is 1.76. The zero-order valence-electron chi connectivity index (χ0n) is 18.6. The molecule has 34 heavy (non-hydrogen) atoms. The van der Waals surface area contributed by atoms with Crippen LogP contribution in [0.2, 0.25) is 0 Å². The first-order valence-electron chi connectivity index (χ1n) is 11.1. The number of rotatable bonds is 6. The number of benzene rings is 2. The number of hydrogen-bond acceptors (Lipinski definition) is 6. The fourth-order valence-electron chi connectivity index (χ4n) is 3.97. The molecule has 2 aromatic rings. The van der Waals surface area contributed by atoms with Gasteiger partial charge in [-0.25, -0.2) is 4.79 Å². The van der Waals surface area contributed by atoms with Crippen LogP contribution in [0.15, 0.2) is 42.5 Å². The molecule has 1 atom stereocenters. The maximum absolute atomic E-state index is 13.2. The van der Waals surface area contributed by atoms with Crippen molar-refractivity contribution in [2.24, 2.45) is 0 Å². The van der Waals surface area contributed by atoms with E-state index < -0.39 is 29.9 Å². The molecule has 5 amide bonds. The van der Waals surface area contributed by atoms with Crippen molar-refractivity contribution in [1.29, 1.82) is 0 Å². The molecule has 3 N–H and O–H groups in total. The number of urea groups is 1. The summed E-state index contributed by atoms with van der Waals surface area (Å²) in [5.41, 5.74) is -0.0121. The summed E-state index contributed by atoms with van der Waals surface area (Å²) >= 11 is 0. The van der Waals surface area contributed by atoms with Gasteiger partial charge in [-0.05, 0) is 55.7 Å². The predicted molar refractivity (Wildman–Crippen MR) is 121 cm³/mol. The molecule has 2 fully saturated rings. The molecule has 2 heterocycles. The number of carbonyl (C=O) groups is 4. The molecule has 10 nitrogen and oxygen atoms in total. The molecule has 1 saturated carbocycles. The van der Waals surface area contributed by atoms with Gasteiger partial charge in [-0.3, -0.25) is 19.3 Å². The zero-order chi connectivity index (χ0) is 23.9. The highest BCUT2D eigenvalue weighted by Gasteiger charge is 2.49. The van der Waals surface area contributed by atoms with E-state index in [0.717, 1.165) is 17.7 Å². The van der Waals surface area contributed by atoms with Crippen molar-refractivity contribution in [2.75, 3.05) is 25.1 Å². The van der Waals surface area contributed by atoms with Crippen LogP contribution >= 0.6 is 0 Å². The van der Waals surface area contributed by atoms with E-state index in [0.29, 0.717) is 41.5 Å². The number of amides is 5. The highest BCUT2D eigenvalue weighted by Crippen LogP contribution is 2.36. The van der Waals surface area contributed by atoms with Gasteiger partial charge in [0.15, 0.2) is 11.5 Å². The van der Waals surface area contributed by atoms with Gasteiger partial charge in [0.1, 0.15) is 25.3 Å². The SMILES string of the molecule is CC1(c2ccc3c(c2)OCCO3)NC(=O)N(CC(=O)Nc2cccc(C(=O)NC3CC3)c2)C1=O. The van der Waals surface area contributed by atoms with Crippen LogP contribution < -0.4 is 25.4 Å². The summed E-state index contributed by atoms with van der Waals surface area (Å²) in [5, 5.41) is 8.22. The van der Waals surface area contributed by atoms with Crippen molar-refractivity contribution >= 4 is 29.4 Å². The van der Waals surface area contributed by atoms with E-state index in [9.17, 15) is 19.2 Å². The van der Waals surface area contributed by atoms with Gasteiger partial charge in [0.05, 0.1) is 0 Å². The van der Waals surface area contributed by atoms with Crippen LogP contribution in [0.25, 0.3) is 0 Å². The van der Waals surface area contributed by atoms with E-state index in [1.807, 2.05) is 0 Å². The normalized spacial score (nSPS) is 21.1. The van der Waals surface area contributed by atoms with E-state index in [4.69, 9.17) is 9.47 Å². The van der Waals surface area contributed by atoms with Crippen molar-refractivity contribution in [3.8, 4) is 11.5 Å². The number of anilines is 1. The third kappa shape index (κ3) is 4.14. The number of hydrogen-bond donors (Lipinski definition) is 3. The second-order valence-electron chi connectivity index (χ2n) is 8.68. The van der Waals surface area contributed by atoms with Crippen molar-refractivity contribution in [1.82, 2.24) is 15.5 Å². The highest BCUT2D eigenvalue weighted by atomic mass is 16.6. The highest BCUT2D eigenvalue weighted by molar-refractivity contribution is 6.10. The van der Waals surface area contributed by atoms with E-state index in [2.05, 4.69) is 16.0 Å². The molecule has 2 aliphatic heterocycles. The number of nitrogens with one attached hydrogen (secondary N) is 3. The van der Waals surface area contributed by atoms with Gasteiger partial charge in [0.2, 0.25) is 5.91 Å². The Morgan fingerprint density at radius 1 is 1.09 bits per heavy atom. The van der Waals surface area contributed by atoms with Crippen LogP contribution in [0.4, 0.5) is 10.5 Å². The van der Waals surface area contributed by atoms with Crippen molar-refractivity contribution in [2.45, 2.75) is 31.3 Å². The Balaban J connectivity index is 1.27. The lowest BCUT2D eigenvalue weighted by Crippen LogP contribution is -2.42. The molecule has 10 heteroatoms. The quantitative estimate of drug-likeness (QED) is 0.560. The van der Waals surface area contributed by atoms with Gasteiger partial charge in [-0.2, -0.15) is 0 Å². The minimum absolute atomic E-state index is 0.206. The summed E-state index contributed by atoms with van der Waals surface area (Å²) in [6.07, 6.45) is 1.94. The molecule has 1 saturated heterocycles. The van der Waals surface area contributed by atoms with Gasteiger partial charge in [-0.1, -0.05) is 12.1 Å². The molecule has 1 unspecified atom stereocenters. The summed E-state index contributed by atoms with van der Waals surface area (Å²) in [6, 6.07) is 11.1. The van der Waals surface area contributed by atoms with Crippen LogP contribution in [0.1, 0.15) is 35.7 Å². The molecule has 5 rings (SSSR count). The van der Waals surface area contributed by atoms with Crippen molar-refractivity contribution in [3.05, 3.63) is 53.6 Å². The minimum Gasteiger partial charge on any atom is -0.486 e.